The number of hydrogen-bond donors (Lipinski definition) is 3. The van der Waals surface area contributed by atoms with E-state index in [9.17, 15) is 14.3 Å². The first-order valence-electron chi connectivity index (χ1n) is 8.39. The van der Waals surface area contributed by atoms with Gasteiger partial charge in [0, 0.05) is 18.2 Å². The van der Waals surface area contributed by atoms with Gasteiger partial charge < -0.3 is 15.7 Å². The Bertz CT molecular complexity index is 770. The standard InChI is InChI=1S/C18H23FN4O2/c1-12-8-21-23(9-12)16-4-3-14(7-15(16)19)13(2)22-17(25)20-10-18(11-24)5-6-18/h3-4,7-9,13,24H,5-6,10-11H2,1-2H3,(H2,20,22,25). The molecule has 6 nitrogen and oxygen atoms in total. The van der Waals surface area contributed by atoms with E-state index in [2.05, 4.69) is 15.7 Å². The van der Waals surface area contributed by atoms with E-state index >= 15 is 0 Å². The lowest BCUT2D eigenvalue weighted by Gasteiger charge is -2.18. The lowest BCUT2D eigenvalue weighted by molar-refractivity contribution is 0.202. The fraction of sp³-hybridized carbons (Fsp3) is 0.444. The van der Waals surface area contributed by atoms with E-state index in [-0.39, 0.29) is 24.1 Å². The van der Waals surface area contributed by atoms with Gasteiger partial charge in [-0.05, 0) is 49.9 Å². The molecule has 1 saturated carbocycles. The predicted octanol–water partition coefficient (Wildman–Crippen LogP) is 2.45. The van der Waals surface area contributed by atoms with E-state index in [0.717, 1.165) is 18.4 Å². The zero-order valence-electron chi connectivity index (χ0n) is 14.4. The summed E-state index contributed by atoms with van der Waals surface area (Å²) in [4.78, 5) is 12.0. The number of aliphatic hydroxyl groups is 1. The van der Waals surface area contributed by atoms with Crippen LogP contribution in [-0.4, -0.2) is 34.1 Å². The van der Waals surface area contributed by atoms with E-state index in [1.54, 1.807) is 31.5 Å². The van der Waals surface area contributed by atoms with Crippen molar-refractivity contribution in [2.75, 3.05) is 13.2 Å². The van der Waals surface area contributed by atoms with E-state index < -0.39 is 5.82 Å². The van der Waals surface area contributed by atoms with Crippen molar-refractivity contribution in [3.8, 4) is 5.69 Å². The maximum absolute atomic E-state index is 14.4. The van der Waals surface area contributed by atoms with Gasteiger partial charge in [-0.15, -0.1) is 0 Å². The number of hydrogen-bond acceptors (Lipinski definition) is 3. The highest BCUT2D eigenvalue weighted by Gasteiger charge is 2.42. The zero-order chi connectivity index (χ0) is 18.0. The number of benzene rings is 1. The van der Waals surface area contributed by atoms with E-state index in [0.29, 0.717) is 17.8 Å². The Morgan fingerprint density at radius 1 is 1.48 bits per heavy atom. The highest BCUT2D eigenvalue weighted by Crippen LogP contribution is 2.44. The van der Waals surface area contributed by atoms with Crippen molar-refractivity contribution >= 4 is 6.03 Å². The summed E-state index contributed by atoms with van der Waals surface area (Å²) >= 11 is 0. The Kier molecular flexibility index (Phi) is 4.76. The second-order valence-corrected chi connectivity index (χ2v) is 6.88. The van der Waals surface area contributed by atoms with Crippen LogP contribution in [0.1, 0.15) is 36.9 Å². The van der Waals surface area contributed by atoms with Gasteiger partial charge in [0.25, 0.3) is 0 Å². The largest absolute Gasteiger partial charge is 0.396 e. The molecule has 1 atom stereocenters. The fourth-order valence-corrected chi connectivity index (χ4v) is 2.69. The molecule has 2 amide bonds. The third kappa shape index (κ3) is 3.99. The van der Waals surface area contributed by atoms with Crippen molar-refractivity contribution in [1.82, 2.24) is 20.4 Å². The summed E-state index contributed by atoms with van der Waals surface area (Å²) in [5.74, 6) is -0.396. The molecule has 1 unspecified atom stereocenters. The first kappa shape index (κ1) is 17.4. The molecule has 3 rings (SSSR count). The monoisotopic (exact) mass is 346 g/mol. The maximum atomic E-state index is 14.4. The molecule has 0 radical (unpaired) electrons. The number of carbonyl (C=O) groups excluding carboxylic acids is 1. The average Bonchev–Trinajstić information content (AvgIpc) is 3.26. The third-order valence-electron chi connectivity index (χ3n) is 4.69. The number of rotatable bonds is 6. The average molecular weight is 346 g/mol. The number of amides is 2. The Balaban J connectivity index is 1.61. The van der Waals surface area contributed by atoms with E-state index in [1.807, 2.05) is 6.92 Å². The van der Waals surface area contributed by atoms with E-state index in [4.69, 9.17) is 0 Å². The molecule has 1 fully saturated rings. The molecule has 3 N–H and O–H groups in total. The number of halogens is 1. The van der Waals surface area contributed by atoms with Gasteiger partial charge in [-0.1, -0.05) is 6.07 Å². The molecule has 7 heteroatoms. The SMILES string of the molecule is Cc1cnn(-c2ccc(C(C)NC(=O)NCC3(CO)CC3)cc2F)c1. The predicted molar refractivity (Wildman–Crippen MR) is 92.0 cm³/mol. The molecular formula is C18H23FN4O2. The smallest absolute Gasteiger partial charge is 0.315 e. The maximum Gasteiger partial charge on any atom is 0.315 e. The molecule has 0 spiro atoms. The third-order valence-corrected chi connectivity index (χ3v) is 4.69. The molecule has 2 aromatic rings. The molecule has 134 valence electrons. The highest BCUT2D eigenvalue weighted by molar-refractivity contribution is 5.74. The second-order valence-electron chi connectivity index (χ2n) is 6.88. The van der Waals surface area contributed by atoms with Gasteiger partial charge >= 0.3 is 6.03 Å². The molecule has 1 aliphatic carbocycles. The number of nitrogens with one attached hydrogen (secondary N) is 2. The van der Waals surface area contributed by atoms with Crippen molar-refractivity contribution in [3.63, 3.8) is 0 Å². The summed E-state index contributed by atoms with van der Waals surface area (Å²) in [5, 5.41) is 18.9. The van der Waals surface area contributed by atoms with Crippen molar-refractivity contribution in [3.05, 3.63) is 47.5 Å². The molecular weight excluding hydrogens is 323 g/mol. The number of nitrogens with zero attached hydrogens (tertiary/aromatic N) is 2. The lowest BCUT2D eigenvalue weighted by atomic mass is 10.1. The summed E-state index contributed by atoms with van der Waals surface area (Å²) in [6, 6.07) is 4.17. The van der Waals surface area contributed by atoms with Crippen LogP contribution in [0.3, 0.4) is 0 Å². The Labute approximate surface area is 146 Å². The van der Waals surface area contributed by atoms with Crippen LogP contribution in [0.5, 0.6) is 0 Å². The van der Waals surface area contributed by atoms with Crippen LogP contribution in [0, 0.1) is 18.2 Å². The van der Waals surface area contributed by atoms with Crippen LogP contribution in [0.25, 0.3) is 5.69 Å². The Morgan fingerprint density at radius 2 is 2.24 bits per heavy atom. The zero-order valence-corrected chi connectivity index (χ0v) is 14.4. The highest BCUT2D eigenvalue weighted by atomic mass is 19.1. The molecule has 1 aliphatic rings. The van der Waals surface area contributed by atoms with Crippen LogP contribution < -0.4 is 10.6 Å². The fourth-order valence-electron chi connectivity index (χ4n) is 2.69. The van der Waals surface area contributed by atoms with Crippen molar-refractivity contribution in [2.45, 2.75) is 32.7 Å². The molecule has 0 saturated heterocycles. The summed E-state index contributed by atoms with van der Waals surface area (Å²) in [6.45, 7) is 4.23. The van der Waals surface area contributed by atoms with Crippen molar-refractivity contribution in [1.29, 1.82) is 0 Å². The van der Waals surface area contributed by atoms with Crippen molar-refractivity contribution < 1.29 is 14.3 Å². The normalized spacial score (nSPS) is 16.3. The first-order valence-corrected chi connectivity index (χ1v) is 8.39. The Hall–Kier alpha value is -2.41. The van der Waals surface area contributed by atoms with Gasteiger partial charge in [0.15, 0.2) is 0 Å². The molecule has 0 bridgehead atoms. The number of carbonyl (C=O) groups is 1. The number of aliphatic hydroxyl groups excluding tert-OH is 1. The number of aromatic nitrogens is 2. The quantitative estimate of drug-likeness (QED) is 0.752. The van der Waals surface area contributed by atoms with Gasteiger partial charge in [-0.2, -0.15) is 5.10 Å². The van der Waals surface area contributed by atoms with Gasteiger partial charge in [-0.3, -0.25) is 0 Å². The van der Waals surface area contributed by atoms with Crippen LogP contribution in [-0.2, 0) is 0 Å². The minimum absolute atomic E-state index is 0.0857. The lowest BCUT2D eigenvalue weighted by Crippen LogP contribution is -2.40. The minimum atomic E-state index is -0.396. The van der Waals surface area contributed by atoms with Crippen LogP contribution >= 0.6 is 0 Å². The molecule has 1 aromatic carbocycles. The molecule has 25 heavy (non-hydrogen) atoms. The Morgan fingerprint density at radius 3 is 2.80 bits per heavy atom. The second kappa shape index (κ2) is 6.84. The van der Waals surface area contributed by atoms with E-state index in [1.165, 1.54) is 10.7 Å². The number of urea groups is 1. The van der Waals surface area contributed by atoms with Crippen molar-refractivity contribution in [2.24, 2.45) is 5.41 Å². The van der Waals surface area contributed by atoms with Gasteiger partial charge in [-0.25, -0.2) is 13.9 Å². The number of aryl methyl sites for hydroxylation is 1. The van der Waals surface area contributed by atoms with Crippen LogP contribution in [0.2, 0.25) is 0 Å². The van der Waals surface area contributed by atoms with Crippen LogP contribution in [0.4, 0.5) is 9.18 Å². The molecule has 1 aromatic heterocycles. The summed E-state index contributed by atoms with van der Waals surface area (Å²) in [5.41, 5.74) is 1.85. The van der Waals surface area contributed by atoms with Gasteiger partial charge in [0.1, 0.15) is 11.5 Å². The molecule has 1 heterocycles. The summed E-state index contributed by atoms with van der Waals surface area (Å²) in [7, 11) is 0. The summed E-state index contributed by atoms with van der Waals surface area (Å²) < 4.78 is 15.9. The van der Waals surface area contributed by atoms with Crippen LogP contribution in [0.15, 0.2) is 30.6 Å². The topological polar surface area (TPSA) is 79.2 Å². The van der Waals surface area contributed by atoms with Gasteiger partial charge in [0.2, 0.25) is 0 Å². The minimum Gasteiger partial charge on any atom is -0.396 e. The van der Waals surface area contributed by atoms with Gasteiger partial charge in [0.05, 0.1) is 18.8 Å². The molecule has 0 aliphatic heterocycles. The summed E-state index contributed by atoms with van der Waals surface area (Å²) in [6.07, 6.45) is 5.28. The first-order chi connectivity index (χ1) is 11.9.